The van der Waals surface area contributed by atoms with Crippen LogP contribution in [0.1, 0.15) is 56.6 Å². The molecule has 0 heterocycles. The summed E-state index contributed by atoms with van der Waals surface area (Å²) < 4.78 is 104. The van der Waals surface area contributed by atoms with Gasteiger partial charge in [-0.3, -0.25) is 0 Å². The Kier molecular flexibility index (Phi) is 9.40. The molecule has 190 valence electrons. The summed E-state index contributed by atoms with van der Waals surface area (Å²) in [6.07, 6.45) is 6.50. The van der Waals surface area contributed by atoms with Crippen LogP contribution >= 0.6 is 0 Å². The molecule has 0 bridgehead atoms. The zero-order valence-corrected chi connectivity index (χ0v) is 19.5. The molecule has 0 fully saturated rings. The van der Waals surface area contributed by atoms with E-state index in [0.717, 1.165) is 31.7 Å². The van der Waals surface area contributed by atoms with Crippen LogP contribution in [0.5, 0.6) is 5.75 Å². The molecular formula is C28H23F7O. The highest BCUT2D eigenvalue weighted by molar-refractivity contribution is 5.67. The van der Waals surface area contributed by atoms with Gasteiger partial charge in [0.25, 0.3) is 0 Å². The predicted octanol–water partition coefficient (Wildman–Crippen LogP) is 8.47. The summed E-state index contributed by atoms with van der Waals surface area (Å²) in [4.78, 5) is 0. The standard InChI is InChI=1S/C28H23F7O/c1-2-3-4-5-6-7-16-36-19-12-8-17(9-13-19)22-27(34)24(31)20(25(32)28(22)35)14-10-18-11-15-21(29)26(33)23(18)30/h8-9,11-13,15H,2-7,16H2,1H3. The van der Waals surface area contributed by atoms with Crippen molar-refractivity contribution in [3.8, 4) is 28.7 Å². The number of rotatable bonds is 9. The molecule has 3 aromatic rings. The minimum Gasteiger partial charge on any atom is -0.494 e. The van der Waals surface area contributed by atoms with E-state index in [9.17, 15) is 30.7 Å². The second-order valence-electron chi connectivity index (χ2n) is 8.12. The van der Waals surface area contributed by atoms with Gasteiger partial charge in [0.05, 0.1) is 17.7 Å². The van der Waals surface area contributed by atoms with E-state index < -0.39 is 57.4 Å². The lowest BCUT2D eigenvalue weighted by atomic mass is 10.0. The number of ether oxygens (including phenoxy) is 1. The molecule has 0 aliphatic rings. The van der Waals surface area contributed by atoms with E-state index >= 15 is 0 Å². The zero-order valence-electron chi connectivity index (χ0n) is 19.5. The summed E-state index contributed by atoms with van der Waals surface area (Å²) >= 11 is 0. The first-order chi connectivity index (χ1) is 17.3. The molecule has 0 radical (unpaired) electrons. The topological polar surface area (TPSA) is 9.23 Å². The molecule has 0 N–H and O–H groups in total. The van der Waals surface area contributed by atoms with E-state index in [1.54, 1.807) is 5.92 Å². The van der Waals surface area contributed by atoms with Gasteiger partial charge < -0.3 is 4.74 Å². The lowest BCUT2D eigenvalue weighted by Crippen LogP contribution is -2.04. The van der Waals surface area contributed by atoms with Crippen molar-refractivity contribution in [3.05, 3.63) is 88.2 Å². The fourth-order valence-electron chi connectivity index (χ4n) is 3.54. The molecule has 0 amide bonds. The van der Waals surface area contributed by atoms with Gasteiger partial charge in [-0.05, 0) is 36.2 Å². The fourth-order valence-corrected chi connectivity index (χ4v) is 3.54. The van der Waals surface area contributed by atoms with Crippen LogP contribution in [0, 0.1) is 52.6 Å². The highest BCUT2D eigenvalue weighted by Crippen LogP contribution is 2.33. The third-order valence-electron chi connectivity index (χ3n) is 5.53. The average Bonchev–Trinajstić information content (AvgIpc) is 2.87. The number of hydrogen-bond donors (Lipinski definition) is 0. The van der Waals surface area contributed by atoms with Crippen molar-refractivity contribution in [2.75, 3.05) is 6.61 Å². The molecule has 36 heavy (non-hydrogen) atoms. The van der Waals surface area contributed by atoms with Crippen LogP contribution in [-0.2, 0) is 0 Å². The SMILES string of the molecule is CCCCCCCCOc1ccc(-c2c(F)c(F)c(C#Cc3ccc(F)c(F)c3F)c(F)c2F)cc1. The average molecular weight is 508 g/mol. The number of unbranched alkanes of at least 4 members (excludes halogenated alkanes) is 5. The van der Waals surface area contributed by atoms with Crippen LogP contribution < -0.4 is 4.74 Å². The number of halogens is 7. The molecule has 0 atom stereocenters. The Morgan fingerprint density at radius 2 is 1.22 bits per heavy atom. The van der Waals surface area contributed by atoms with Gasteiger partial charge in [0.15, 0.2) is 40.7 Å². The minimum atomic E-state index is -1.84. The monoisotopic (exact) mass is 508 g/mol. The Hall–Kier alpha value is -3.47. The Morgan fingerprint density at radius 3 is 1.86 bits per heavy atom. The third kappa shape index (κ3) is 6.20. The van der Waals surface area contributed by atoms with Crippen LogP contribution in [0.3, 0.4) is 0 Å². The summed E-state index contributed by atoms with van der Waals surface area (Å²) in [6.45, 7) is 2.60. The van der Waals surface area contributed by atoms with Crippen LogP contribution in [0.25, 0.3) is 11.1 Å². The van der Waals surface area contributed by atoms with Crippen molar-refractivity contribution in [2.24, 2.45) is 0 Å². The van der Waals surface area contributed by atoms with Crippen molar-refractivity contribution >= 4 is 0 Å². The van der Waals surface area contributed by atoms with Crippen LogP contribution in [0.4, 0.5) is 30.7 Å². The second kappa shape index (κ2) is 12.5. The van der Waals surface area contributed by atoms with Gasteiger partial charge in [-0.15, -0.1) is 0 Å². The Bertz CT molecular complexity index is 1250. The van der Waals surface area contributed by atoms with Crippen LogP contribution in [-0.4, -0.2) is 6.61 Å². The summed E-state index contributed by atoms with van der Waals surface area (Å²) in [5, 5.41) is 0. The predicted molar refractivity (Wildman–Crippen MR) is 123 cm³/mol. The highest BCUT2D eigenvalue weighted by atomic mass is 19.2. The summed E-state index contributed by atoms with van der Waals surface area (Å²) in [6, 6.07) is 6.67. The van der Waals surface area contributed by atoms with Gasteiger partial charge in [0.1, 0.15) is 11.3 Å². The number of benzene rings is 3. The summed E-state index contributed by atoms with van der Waals surface area (Å²) in [7, 11) is 0. The molecule has 0 aliphatic heterocycles. The van der Waals surface area contributed by atoms with E-state index in [-0.39, 0.29) is 5.56 Å². The van der Waals surface area contributed by atoms with Crippen molar-refractivity contribution in [2.45, 2.75) is 45.4 Å². The van der Waals surface area contributed by atoms with E-state index in [4.69, 9.17) is 4.74 Å². The summed E-state index contributed by atoms with van der Waals surface area (Å²) in [5.74, 6) is -7.95. The maximum absolute atomic E-state index is 14.7. The van der Waals surface area contributed by atoms with Crippen molar-refractivity contribution in [1.29, 1.82) is 0 Å². The molecule has 0 spiro atoms. The Balaban J connectivity index is 1.79. The van der Waals surface area contributed by atoms with Gasteiger partial charge in [-0.25, -0.2) is 30.7 Å². The maximum Gasteiger partial charge on any atom is 0.195 e. The third-order valence-corrected chi connectivity index (χ3v) is 5.53. The van der Waals surface area contributed by atoms with E-state index in [0.29, 0.717) is 18.4 Å². The minimum absolute atomic E-state index is 0.138. The normalized spacial score (nSPS) is 10.8. The highest BCUT2D eigenvalue weighted by Gasteiger charge is 2.25. The van der Waals surface area contributed by atoms with Crippen LogP contribution in [0.15, 0.2) is 36.4 Å². The lowest BCUT2D eigenvalue weighted by Gasteiger charge is -2.11. The van der Waals surface area contributed by atoms with Gasteiger partial charge in [-0.1, -0.05) is 63.0 Å². The van der Waals surface area contributed by atoms with Gasteiger partial charge >= 0.3 is 0 Å². The first kappa shape index (κ1) is 27.1. The first-order valence-corrected chi connectivity index (χ1v) is 11.5. The van der Waals surface area contributed by atoms with Crippen molar-refractivity contribution in [1.82, 2.24) is 0 Å². The van der Waals surface area contributed by atoms with Gasteiger partial charge in [0, 0.05) is 0 Å². The molecule has 0 saturated carbocycles. The molecule has 3 rings (SSSR count). The number of hydrogen-bond acceptors (Lipinski definition) is 1. The molecule has 1 nitrogen and oxygen atoms in total. The molecule has 0 aliphatic carbocycles. The van der Waals surface area contributed by atoms with Crippen molar-refractivity contribution < 1.29 is 35.5 Å². The smallest absolute Gasteiger partial charge is 0.195 e. The summed E-state index contributed by atoms with van der Waals surface area (Å²) in [5.41, 5.74) is -3.14. The van der Waals surface area contributed by atoms with Crippen molar-refractivity contribution in [3.63, 3.8) is 0 Å². The molecule has 8 heteroatoms. The molecule has 0 unspecified atom stereocenters. The lowest BCUT2D eigenvalue weighted by molar-refractivity contribution is 0.304. The van der Waals surface area contributed by atoms with Gasteiger partial charge in [0.2, 0.25) is 0 Å². The molecular weight excluding hydrogens is 485 g/mol. The van der Waals surface area contributed by atoms with E-state index in [1.165, 1.54) is 37.1 Å². The van der Waals surface area contributed by atoms with E-state index in [1.807, 2.05) is 5.92 Å². The fraction of sp³-hybridized carbons (Fsp3) is 0.286. The van der Waals surface area contributed by atoms with Gasteiger partial charge in [-0.2, -0.15) is 0 Å². The Morgan fingerprint density at radius 1 is 0.611 bits per heavy atom. The maximum atomic E-state index is 14.7. The molecule has 0 aromatic heterocycles. The molecule has 3 aromatic carbocycles. The second-order valence-corrected chi connectivity index (χ2v) is 8.12. The zero-order chi connectivity index (χ0) is 26.2. The quantitative estimate of drug-likeness (QED) is 0.0926. The van der Waals surface area contributed by atoms with Crippen LogP contribution in [0.2, 0.25) is 0 Å². The largest absolute Gasteiger partial charge is 0.494 e. The Labute approximate surface area is 204 Å². The van der Waals surface area contributed by atoms with E-state index in [2.05, 4.69) is 6.92 Å². The first-order valence-electron chi connectivity index (χ1n) is 11.5. The molecule has 0 saturated heterocycles.